The smallest absolute Gasteiger partial charge is 0.230 e. The standard InChI is InChI=1S/C27H31N5OS/c1-5-16-32-25(19-10-12-21(13-11-19)27(2,3)4)30-31-26(32)34-18-24(33)28-15-14-20-17-29-23-9-7-6-8-22(20)23/h5-13,17,29H,1,14-16,18H2,2-4H3,(H,28,33). The van der Waals surface area contributed by atoms with Crippen LogP contribution in [0.25, 0.3) is 22.3 Å². The number of carbonyl (C=O) groups is 1. The lowest BCUT2D eigenvalue weighted by atomic mass is 9.87. The summed E-state index contributed by atoms with van der Waals surface area (Å²) in [6, 6.07) is 16.6. The molecule has 0 atom stereocenters. The number of amides is 1. The predicted octanol–water partition coefficient (Wildman–Crippen LogP) is 5.36. The molecule has 0 unspecified atom stereocenters. The van der Waals surface area contributed by atoms with E-state index in [9.17, 15) is 4.79 Å². The highest BCUT2D eigenvalue weighted by atomic mass is 32.2. The van der Waals surface area contributed by atoms with E-state index in [0.29, 0.717) is 18.2 Å². The number of allylic oxidation sites excluding steroid dienone is 1. The van der Waals surface area contributed by atoms with Gasteiger partial charge in [0.25, 0.3) is 0 Å². The largest absolute Gasteiger partial charge is 0.361 e. The summed E-state index contributed by atoms with van der Waals surface area (Å²) in [6.07, 6.45) is 4.61. The molecule has 2 aromatic heterocycles. The van der Waals surface area contributed by atoms with Crippen molar-refractivity contribution >= 4 is 28.6 Å². The summed E-state index contributed by atoms with van der Waals surface area (Å²) in [5.41, 5.74) is 4.68. The first-order valence-corrected chi connectivity index (χ1v) is 12.4. The molecule has 4 rings (SSSR count). The van der Waals surface area contributed by atoms with Crippen molar-refractivity contribution in [3.8, 4) is 11.4 Å². The molecule has 2 heterocycles. The van der Waals surface area contributed by atoms with Crippen molar-refractivity contribution in [2.75, 3.05) is 12.3 Å². The molecule has 0 saturated carbocycles. The number of benzene rings is 2. The summed E-state index contributed by atoms with van der Waals surface area (Å²) in [5, 5.41) is 13.7. The van der Waals surface area contributed by atoms with Crippen molar-refractivity contribution in [3.05, 3.63) is 78.5 Å². The maximum absolute atomic E-state index is 12.5. The predicted molar refractivity (Wildman–Crippen MR) is 140 cm³/mol. The maximum atomic E-state index is 12.5. The van der Waals surface area contributed by atoms with E-state index in [1.165, 1.54) is 28.3 Å². The zero-order valence-corrected chi connectivity index (χ0v) is 20.8. The Bertz CT molecular complexity index is 1280. The lowest BCUT2D eigenvalue weighted by molar-refractivity contribution is -0.118. The van der Waals surface area contributed by atoms with Crippen LogP contribution in [0.15, 0.2) is 72.5 Å². The van der Waals surface area contributed by atoms with Gasteiger partial charge in [-0.1, -0.05) is 81.1 Å². The number of hydrogen-bond acceptors (Lipinski definition) is 4. The topological polar surface area (TPSA) is 75.6 Å². The third kappa shape index (κ3) is 5.42. The second-order valence-corrected chi connectivity index (χ2v) is 10.2. The van der Waals surface area contributed by atoms with Crippen LogP contribution in [0.2, 0.25) is 0 Å². The molecule has 0 aliphatic rings. The van der Waals surface area contributed by atoms with Crippen LogP contribution in [-0.2, 0) is 23.2 Å². The van der Waals surface area contributed by atoms with Crippen molar-refractivity contribution in [1.82, 2.24) is 25.1 Å². The third-order valence-corrected chi connectivity index (χ3v) is 6.73. The van der Waals surface area contributed by atoms with Crippen LogP contribution in [0.1, 0.15) is 31.9 Å². The number of H-pyrrole nitrogens is 1. The van der Waals surface area contributed by atoms with E-state index in [0.717, 1.165) is 23.3 Å². The van der Waals surface area contributed by atoms with E-state index in [1.54, 1.807) is 0 Å². The van der Waals surface area contributed by atoms with Gasteiger partial charge >= 0.3 is 0 Å². The summed E-state index contributed by atoms with van der Waals surface area (Å²) in [5.74, 6) is 1.04. The molecule has 0 fully saturated rings. The summed E-state index contributed by atoms with van der Waals surface area (Å²) in [6.45, 7) is 11.6. The fourth-order valence-electron chi connectivity index (χ4n) is 3.88. The second-order valence-electron chi connectivity index (χ2n) is 9.28. The number of nitrogens with one attached hydrogen (secondary N) is 2. The Kier molecular flexibility index (Phi) is 7.22. The number of fused-ring (bicyclic) bond motifs is 1. The summed E-state index contributed by atoms with van der Waals surface area (Å²) in [7, 11) is 0. The minimum atomic E-state index is -0.0194. The van der Waals surface area contributed by atoms with Gasteiger partial charge in [-0.15, -0.1) is 16.8 Å². The molecule has 7 heteroatoms. The zero-order valence-electron chi connectivity index (χ0n) is 20.0. The molecule has 0 radical (unpaired) electrons. The molecule has 1 amide bonds. The number of carbonyl (C=O) groups excluding carboxylic acids is 1. The van der Waals surface area contributed by atoms with Crippen LogP contribution in [0.5, 0.6) is 0 Å². The molecular formula is C27H31N5OS. The van der Waals surface area contributed by atoms with Crippen molar-refractivity contribution in [3.63, 3.8) is 0 Å². The Morgan fingerprint density at radius 1 is 1.15 bits per heavy atom. The molecular weight excluding hydrogens is 442 g/mol. The van der Waals surface area contributed by atoms with Gasteiger partial charge in [0.1, 0.15) is 0 Å². The normalized spacial score (nSPS) is 11.6. The summed E-state index contributed by atoms with van der Waals surface area (Å²) >= 11 is 1.39. The van der Waals surface area contributed by atoms with Gasteiger partial charge < -0.3 is 10.3 Å². The monoisotopic (exact) mass is 473 g/mol. The Balaban J connectivity index is 1.36. The van der Waals surface area contributed by atoms with Crippen LogP contribution in [0, 0.1) is 0 Å². The first-order valence-electron chi connectivity index (χ1n) is 11.5. The zero-order chi connectivity index (χ0) is 24.1. The Morgan fingerprint density at radius 2 is 1.91 bits per heavy atom. The van der Waals surface area contributed by atoms with E-state index in [2.05, 4.69) is 84.2 Å². The van der Waals surface area contributed by atoms with Crippen molar-refractivity contribution in [2.24, 2.45) is 0 Å². The Labute approximate surface area is 204 Å². The molecule has 176 valence electrons. The van der Waals surface area contributed by atoms with Crippen LogP contribution in [0.4, 0.5) is 0 Å². The molecule has 4 aromatic rings. The van der Waals surface area contributed by atoms with Gasteiger partial charge in [0.15, 0.2) is 11.0 Å². The summed E-state index contributed by atoms with van der Waals surface area (Å²) < 4.78 is 2.00. The number of para-hydroxylation sites is 1. The van der Waals surface area contributed by atoms with Crippen LogP contribution >= 0.6 is 11.8 Å². The maximum Gasteiger partial charge on any atom is 0.230 e. The first kappa shape index (κ1) is 23.8. The van der Waals surface area contributed by atoms with Gasteiger partial charge in [0.05, 0.1) is 5.75 Å². The van der Waals surface area contributed by atoms with Crippen LogP contribution in [0.3, 0.4) is 0 Å². The molecule has 0 spiro atoms. The average molecular weight is 474 g/mol. The number of aromatic nitrogens is 4. The lowest BCUT2D eigenvalue weighted by Gasteiger charge is -2.19. The highest BCUT2D eigenvalue weighted by molar-refractivity contribution is 7.99. The van der Waals surface area contributed by atoms with Crippen molar-refractivity contribution in [2.45, 2.75) is 44.3 Å². The molecule has 34 heavy (non-hydrogen) atoms. The molecule has 2 aromatic carbocycles. The average Bonchev–Trinajstić information content (AvgIpc) is 3.42. The van der Waals surface area contributed by atoms with Gasteiger partial charge in [-0.05, 0) is 29.0 Å². The van der Waals surface area contributed by atoms with Crippen LogP contribution < -0.4 is 5.32 Å². The van der Waals surface area contributed by atoms with Gasteiger partial charge in [0.2, 0.25) is 5.91 Å². The molecule has 0 aliphatic carbocycles. The fraction of sp³-hybridized carbons (Fsp3) is 0.296. The molecule has 0 bridgehead atoms. The van der Waals surface area contributed by atoms with Crippen molar-refractivity contribution in [1.29, 1.82) is 0 Å². The second kappa shape index (κ2) is 10.3. The lowest BCUT2D eigenvalue weighted by Crippen LogP contribution is -2.27. The number of thioether (sulfide) groups is 1. The van der Waals surface area contributed by atoms with E-state index >= 15 is 0 Å². The van der Waals surface area contributed by atoms with Crippen LogP contribution in [-0.4, -0.2) is 38.0 Å². The fourth-order valence-corrected chi connectivity index (χ4v) is 4.66. The van der Waals surface area contributed by atoms with E-state index in [1.807, 2.05) is 29.0 Å². The number of rotatable bonds is 9. The van der Waals surface area contributed by atoms with E-state index < -0.39 is 0 Å². The first-order chi connectivity index (χ1) is 16.4. The van der Waals surface area contributed by atoms with E-state index in [4.69, 9.17) is 0 Å². The van der Waals surface area contributed by atoms with Gasteiger partial charge in [-0.3, -0.25) is 9.36 Å². The number of aromatic amines is 1. The number of nitrogens with zero attached hydrogens (tertiary/aromatic N) is 3. The van der Waals surface area contributed by atoms with Gasteiger partial charge in [0, 0.05) is 35.8 Å². The van der Waals surface area contributed by atoms with Crippen molar-refractivity contribution < 1.29 is 4.79 Å². The summed E-state index contributed by atoms with van der Waals surface area (Å²) in [4.78, 5) is 15.7. The number of hydrogen-bond donors (Lipinski definition) is 2. The molecule has 0 saturated heterocycles. The van der Waals surface area contributed by atoms with Gasteiger partial charge in [-0.2, -0.15) is 0 Å². The molecule has 0 aliphatic heterocycles. The molecule has 6 nitrogen and oxygen atoms in total. The van der Waals surface area contributed by atoms with Gasteiger partial charge in [-0.25, -0.2) is 0 Å². The minimum absolute atomic E-state index is 0.0194. The Hall–Kier alpha value is -3.32. The van der Waals surface area contributed by atoms with E-state index in [-0.39, 0.29) is 17.1 Å². The highest BCUT2D eigenvalue weighted by Gasteiger charge is 2.17. The Morgan fingerprint density at radius 3 is 2.65 bits per heavy atom. The third-order valence-electron chi connectivity index (χ3n) is 5.76. The highest BCUT2D eigenvalue weighted by Crippen LogP contribution is 2.28. The molecule has 2 N–H and O–H groups in total. The quantitative estimate of drug-likeness (QED) is 0.253. The minimum Gasteiger partial charge on any atom is -0.361 e. The SMILES string of the molecule is C=CCn1c(SCC(=O)NCCc2c[nH]c3ccccc23)nnc1-c1ccc(C(C)(C)C)cc1.